The molecule has 0 aliphatic carbocycles. The molecule has 0 bridgehead atoms. The van der Waals surface area contributed by atoms with Crippen LogP contribution in [0.15, 0.2) is 18.2 Å². The minimum Gasteiger partial charge on any atom is -0.467 e. The maximum absolute atomic E-state index is 12.7. The first kappa shape index (κ1) is 23.2. The normalized spacial score (nSPS) is 10.9. The highest BCUT2D eigenvalue weighted by atomic mass is 35.5. The number of fused-ring (bicyclic) bond motifs is 1. The van der Waals surface area contributed by atoms with Gasteiger partial charge in [-0.1, -0.05) is 17.7 Å². The number of rotatable bonds is 9. The second-order valence-electron chi connectivity index (χ2n) is 6.69. The molecule has 0 spiro atoms. The second-order valence-corrected chi connectivity index (χ2v) is 7.05. The number of amides is 1. The van der Waals surface area contributed by atoms with Crippen LogP contribution in [0.2, 0.25) is 5.15 Å². The van der Waals surface area contributed by atoms with Gasteiger partial charge in [0, 0.05) is 13.6 Å². The van der Waals surface area contributed by atoms with Gasteiger partial charge in [-0.15, -0.1) is 0 Å². The lowest BCUT2D eigenvalue weighted by molar-refractivity contribution is -0.146. The van der Waals surface area contributed by atoms with E-state index in [0.717, 1.165) is 16.6 Å². The third-order valence-electron chi connectivity index (χ3n) is 4.66. The smallest absolute Gasteiger partial charge is 0.331 e. The van der Waals surface area contributed by atoms with Crippen molar-refractivity contribution in [1.82, 2.24) is 24.8 Å². The third-order valence-corrected chi connectivity index (χ3v) is 4.94. The van der Waals surface area contributed by atoms with Crippen molar-refractivity contribution in [1.29, 1.82) is 0 Å². The average Bonchev–Trinajstić information content (AvgIpc) is 3.15. The first-order chi connectivity index (χ1) is 15.4. The molecule has 0 saturated carbocycles. The SMILES string of the molecule is CCn1c(CNC(=O)c2nc(Cl)c(N)nc2NC)nc2ccc(COCC(=O)OC)cc21. The average molecular weight is 462 g/mol. The number of nitrogens with two attached hydrogens (primary N) is 1. The standard InChI is InChI=1S/C20H24ClN7O4/c1-4-28-13-7-11(9-32-10-15(29)31-3)5-6-12(13)25-14(28)8-24-20(30)16-19(23-2)27-18(22)17(21)26-16/h5-7H,4,8-10H2,1-3H3,(H,24,30)(H3,22,23,27). The van der Waals surface area contributed by atoms with Crippen molar-refractivity contribution in [3.63, 3.8) is 0 Å². The number of imidazole rings is 1. The van der Waals surface area contributed by atoms with Gasteiger partial charge in [0.15, 0.2) is 22.5 Å². The number of ether oxygens (including phenoxy) is 2. The number of nitrogen functional groups attached to an aromatic ring is 1. The number of hydrogen-bond acceptors (Lipinski definition) is 9. The molecule has 1 amide bonds. The van der Waals surface area contributed by atoms with Crippen LogP contribution in [0.1, 0.15) is 28.8 Å². The maximum atomic E-state index is 12.7. The van der Waals surface area contributed by atoms with Crippen LogP contribution in [-0.4, -0.2) is 52.2 Å². The number of benzene rings is 1. The summed E-state index contributed by atoms with van der Waals surface area (Å²) in [4.78, 5) is 36.6. The van der Waals surface area contributed by atoms with Crippen LogP contribution in [0.3, 0.4) is 0 Å². The summed E-state index contributed by atoms with van der Waals surface area (Å²) >= 11 is 5.92. The van der Waals surface area contributed by atoms with E-state index in [9.17, 15) is 9.59 Å². The number of methoxy groups -OCH3 is 1. The highest BCUT2D eigenvalue weighted by Crippen LogP contribution is 2.21. The Morgan fingerprint density at radius 2 is 2.03 bits per heavy atom. The number of carbonyl (C=O) groups is 2. The molecule has 2 heterocycles. The highest BCUT2D eigenvalue weighted by Gasteiger charge is 2.18. The van der Waals surface area contributed by atoms with E-state index < -0.39 is 11.9 Å². The Morgan fingerprint density at radius 1 is 1.25 bits per heavy atom. The molecule has 12 heteroatoms. The predicted octanol–water partition coefficient (Wildman–Crippen LogP) is 1.74. The number of aromatic nitrogens is 4. The van der Waals surface area contributed by atoms with Crippen LogP contribution in [-0.2, 0) is 34.0 Å². The predicted molar refractivity (Wildman–Crippen MR) is 119 cm³/mol. The van der Waals surface area contributed by atoms with E-state index in [2.05, 4.69) is 30.3 Å². The summed E-state index contributed by atoms with van der Waals surface area (Å²) in [6.45, 7) is 2.93. The van der Waals surface area contributed by atoms with Gasteiger partial charge in [0.2, 0.25) is 0 Å². The Bertz CT molecular complexity index is 1150. The zero-order valence-electron chi connectivity index (χ0n) is 17.9. The maximum Gasteiger partial charge on any atom is 0.331 e. The Hall–Kier alpha value is -3.44. The lowest BCUT2D eigenvalue weighted by Gasteiger charge is -2.11. The number of carbonyl (C=O) groups excluding carboxylic acids is 2. The summed E-state index contributed by atoms with van der Waals surface area (Å²) in [5, 5.41) is 5.54. The summed E-state index contributed by atoms with van der Waals surface area (Å²) in [6.07, 6.45) is 0. The fourth-order valence-electron chi connectivity index (χ4n) is 3.11. The lowest BCUT2D eigenvalue weighted by Crippen LogP contribution is -2.27. The number of nitrogens with one attached hydrogen (secondary N) is 2. The number of aryl methyl sites for hydroxylation is 1. The molecule has 0 aliphatic heterocycles. The van der Waals surface area contributed by atoms with Crippen LogP contribution in [0.25, 0.3) is 11.0 Å². The van der Waals surface area contributed by atoms with E-state index in [4.69, 9.17) is 22.1 Å². The van der Waals surface area contributed by atoms with E-state index in [-0.39, 0.29) is 42.2 Å². The van der Waals surface area contributed by atoms with Crippen LogP contribution >= 0.6 is 11.6 Å². The number of halogens is 1. The molecule has 3 rings (SSSR count). The molecule has 2 aromatic heterocycles. The highest BCUT2D eigenvalue weighted by molar-refractivity contribution is 6.31. The Balaban J connectivity index is 1.77. The Kier molecular flexibility index (Phi) is 7.44. The molecule has 0 fully saturated rings. The van der Waals surface area contributed by atoms with Crippen molar-refractivity contribution in [3.8, 4) is 0 Å². The molecule has 170 valence electrons. The molecule has 1 aromatic carbocycles. The third kappa shape index (κ3) is 5.06. The first-order valence-corrected chi connectivity index (χ1v) is 10.2. The summed E-state index contributed by atoms with van der Waals surface area (Å²) in [5.41, 5.74) is 8.25. The van der Waals surface area contributed by atoms with Crippen LogP contribution in [0.4, 0.5) is 11.6 Å². The summed E-state index contributed by atoms with van der Waals surface area (Å²) in [6, 6.07) is 5.69. The minimum absolute atomic E-state index is 0.0340. The van der Waals surface area contributed by atoms with Crippen LogP contribution in [0, 0.1) is 0 Å². The van der Waals surface area contributed by atoms with E-state index in [0.29, 0.717) is 12.4 Å². The van der Waals surface area contributed by atoms with Gasteiger partial charge < -0.3 is 30.4 Å². The topological polar surface area (TPSA) is 146 Å². The fraction of sp³-hybridized carbons (Fsp3) is 0.350. The van der Waals surface area contributed by atoms with Gasteiger partial charge >= 0.3 is 5.97 Å². The number of esters is 1. The van der Waals surface area contributed by atoms with Crippen molar-refractivity contribution >= 4 is 46.1 Å². The van der Waals surface area contributed by atoms with Crippen molar-refractivity contribution in [2.75, 3.05) is 31.8 Å². The fourth-order valence-corrected chi connectivity index (χ4v) is 3.24. The van der Waals surface area contributed by atoms with Gasteiger partial charge in [0.1, 0.15) is 12.4 Å². The molecule has 32 heavy (non-hydrogen) atoms. The largest absolute Gasteiger partial charge is 0.467 e. The van der Waals surface area contributed by atoms with Crippen LogP contribution in [0.5, 0.6) is 0 Å². The molecule has 0 atom stereocenters. The zero-order chi connectivity index (χ0) is 23.3. The van der Waals surface area contributed by atoms with Crippen LogP contribution < -0.4 is 16.4 Å². The van der Waals surface area contributed by atoms with Gasteiger partial charge in [-0.2, -0.15) is 0 Å². The minimum atomic E-state index is -0.463. The van der Waals surface area contributed by atoms with Gasteiger partial charge in [0.25, 0.3) is 5.91 Å². The van der Waals surface area contributed by atoms with Gasteiger partial charge in [-0.25, -0.2) is 19.7 Å². The molecule has 0 aliphatic rings. The van der Waals surface area contributed by atoms with E-state index in [1.165, 1.54) is 7.11 Å². The number of hydrogen-bond donors (Lipinski definition) is 3. The molecule has 3 aromatic rings. The number of anilines is 2. The quantitative estimate of drug-likeness (QED) is 0.405. The zero-order valence-corrected chi connectivity index (χ0v) is 18.7. The molecule has 0 saturated heterocycles. The molecule has 4 N–H and O–H groups in total. The van der Waals surface area contributed by atoms with Gasteiger partial charge in [-0.3, -0.25) is 4.79 Å². The van der Waals surface area contributed by atoms with E-state index >= 15 is 0 Å². The summed E-state index contributed by atoms with van der Waals surface area (Å²) in [7, 11) is 2.92. The van der Waals surface area contributed by atoms with Gasteiger partial charge in [-0.05, 0) is 24.6 Å². The molecular formula is C20H24ClN7O4. The molecule has 0 unspecified atom stereocenters. The molecule has 0 radical (unpaired) electrons. The van der Waals surface area contributed by atoms with Gasteiger partial charge in [0.05, 0.1) is 31.3 Å². The molecular weight excluding hydrogens is 438 g/mol. The Labute approximate surface area is 189 Å². The molecule has 11 nitrogen and oxygen atoms in total. The Morgan fingerprint density at radius 3 is 2.72 bits per heavy atom. The van der Waals surface area contributed by atoms with E-state index in [1.54, 1.807) is 7.05 Å². The summed E-state index contributed by atoms with van der Waals surface area (Å²) < 4.78 is 11.9. The van der Waals surface area contributed by atoms with Crippen molar-refractivity contribution < 1.29 is 19.1 Å². The van der Waals surface area contributed by atoms with E-state index in [1.807, 2.05) is 29.7 Å². The van der Waals surface area contributed by atoms with Crippen molar-refractivity contribution in [2.45, 2.75) is 26.6 Å². The second kappa shape index (κ2) is 10.2. The number of nitrogens with zero attached hydrogens (tertiary/aromatic N) is 4. The first-order valence-electron chi connectivity index (χ1n) is 9.79. The van der Waals surface area contributed by atoms with Crippen molar-refractivity contribution in [2.24, 2.45) is 0 Å². The summed E-state index contributed by atoms with van der Waals surface area (Å²) in [5.74, 6) is 0.0345. The lowest BCUT2D eigenvalue weighted by atomic mass is 10.2. The van der Waals surface area contributed by atoms with Crippen molar-refractivity contribution in [3.05, 3.63) is 40.4 Å². The monoisotopic (exact) mass is 461 g/mol.